The van der Waals surface area contributed by atoms with Gasteiger partial charge in [-0.2, -0.15) is 0 Å². The van der Waals surface area contributed by atoms with Gasteiger partial charge in [0.25, 0.3) is 0 Å². The molecule has 2 heterocycles. The fourth-order valence-corrected chi connectivity index (χ4v) is 3.71. The van der Waals surface area contributed by atoms with Crippen LogP contribution in [0.1, 0.15) is 24.8 Å². The number of alkyl halides is 1. The summed E-state index contributed by atoms with van der Waals surface area (Å²) in [6, 6.07) is 6.33. The first kappa shape index (κ1) is 13.2. The van der Waals surface area contributed by atoms with Crippen LogP contribution in [-0.4, -0.2) is 37.1 Å². The minimum Gasteiger partial charge on any atom is -0.370 e. The SMILES string of the molecule is CN1C2CCC1CN(c1ccc(F)cc1CCl)CC2. The number of hydrogen-bond donors (Lipinski definition) is 0. The first-order valence-electron chi connectivity index (χ1n) is 7.00. The minimum absolute atomic E-state index is 0.201. The highest BCUT2D eigenvalue weighted by atomic mass is 35.5. The summed E-state index contributed by atoms with van der Waals surface area (Å²) in [5, 5.41) is 0. The van der Waals surface area contributed by atoms with E-state index in [2.05, 4.69) is 16.8 Å². The molecule has 0 N–H and O–H groups in total. The van der Waals surface area contributed by atoms with Gasteiger partial charge >= 0.3 is 0 Å². The molecule has 2 atom stereocenters. The van der Waals surface area contributed by atoms with Crippen molar-refractivity contribution in [3.05, 3.63) is 29.6 Å². The molecular formula is C15H20ClFN2. The second-order valence-electron chi connectivity index (χ2n) is 5.69. The van der Waals surface area contributed by atoms with Crippen molar-refractivity contribution in [2.75, 3.05) is 25.0 Å². The lowest BCUT2D eigenvalue weighted by molar-refractivity contribution is 0.254. The highest BCUT2D eigenvalue weighted by Gasteiger charge is 2.34. The lowest BCUT2D eigenvalue weighted by Gasteiger charge is -2.29. The molecule has 0 aromatic heterocycles. The van der Waals surface area contributed by atoms with E-state index >= 15 is 0 Å². The van der Waals surface area contributed by atoms with E-state index in [1.807, 2.05) is 6.07 Å². The topological polar surface area (TPSA) is 6.48 Å². The summed E-state index contributed by atoms with van der Waals surface area (Å²) in [4.78, 5) is 4.90. The van der Waals surface area contributed by atoms with Crippen molar-refractivity contribution < 1.29 is 4.39 Å². The van der Waals surface area contributed by atoms with Crippen LogP contribution in [-0.2, 0) is 5.88 Å². The summed E-state index contributed by atoms with van der Waals surface area (Å²) < 4.78 is 13.3. The quantitative estimate of drug-likeness (QED) is 0.769. The van der Waals surface area contributed by atoms with Gasteiger partial charge in [0.15, 0.2) is 0 Å². The lowest BCUT2D eigenvalue weighted by Crippen LogP contribution is -2.37. The molecule has 0 radical (unpaired) electrons. The van der Waals surface area contributed by atoms with E-state index in [1.165, 1.54) is 25.3 Å². The standard InChI is InChI=1S/C15H20ClFN2/c1-18-13-3-4-14(18)10-19(7-6-13)15-5-2-12(17)8-11(15)9-16/h2,5,8,13-14H,3-4,6-7,9-10H2,1H3. The van der Waals surface area contributed by atoms with Gasteiger partial charge in [0.2, 0.25) is 0 Å². The Morgan fingerprint density at radius 3 is 2.84 bits per heavy atom. The molecule has 2 bridgehead atoms. The van der Waals surface area contributed by atoms with Gasteiger partial charge in [0, 0.05) is 36.7 Å². The van der Waals surface area contributed by atoms with Gasteiger partial charge in [0.1, 0.15) is 5.82 Å². The number of nitrogens with zero attached hydrogens (tertiary/aromatic N) is 2. The molecule has 0 aliphatic carbocycles. The highest BCUT2D eigenvalue weighted by molar-refractivity contribution is 6.17. The Balaban J connectivity index is 1.86. The molecule has 0 spiro atoms. The Morgan fingerprint density at radius 1 is 1.26 bits per heavy atom. The fourth-order valence-electron chi connectivity index (χ4n) is 3.50. The van der Waals surface area contributed by atoms with E-state index in [-0.39, 0.29) is 5.82 Å². The van der Waals surface area contributed by atoms with Crippen LogP contribution in [0.3, 0.4) is 0 Å². The number of halogens is 2. The molecule has 2 saturated heterocycles. The maximum atomic E-state index is 13.3. The van der Waals surface area contributed by atoms with Gasteiger partial charge in [-0.05, 0) is 50.1 Å². The molecular weight excluding hydrogens is 263 g/mol. The molecule has 4 heteroatoms. The molecule has 1 aromatic carbocycles. The van der Waals surface area contributed by atoms with E-state index in [4.69, 9.17) is 11.6 Å². The van der Waals surface area contributed by atoms with Gasteiger partial charge in [-0.1, -0.05) is 0 Å². The fraction of sp³-hybridized carbons (Fsp3) is 0.600. The summed E-state index contributed by atoms with van der Waals surface area (Å²) in [7, 11) is 2.24. The van der Waals surface area contributed by atoms with Crippen molar-refractivity contribution >= 4 is 17.3 Å². The van der Waals surface area contributed by atoms with Crippen LogP contribution in [0.5, 0.6) is 0 Å². The van der Waals surface area contributed by atoms with Gasteiger partial charge in [-0.25, -0.2) is 4.39 Å². The average Bonchev–Trinajstić information content (AvgIpc) is 2.64. The zero-order chi connectivity index (χ0) is 13.4. The molecule has 1 aromatic rings. The van der Waals surface area contributed by atoms with E-state index in [0.29, 0.717) is 11.9 Å². The van der Waals surface area contributed by atoms with Crippen molar-refractivity contribution in [2.24, 2.45) is 0 Å². The summed E-state index contributed by atoms with van der Waals surface area (Å²) >= 11 is 5.97. The molecule has 3 rings (SSSR count). The molecule has 2 nitrogen and oxygen atoms in total. The molecule has 2 fully saturated rings. The van der Waals surface area contributed by atoms with E-state index in [1.54, 1.807) is 6.07 Å². The average molecular weight is 283 g/mol. The largest absolute Gasteiger partial charge is 0.370 e. The molecule has 0 amide bonds. The minimum atomic E-state index is -0.201. The van der Waals surface area contributed by atoms with E-state index < -0.39 is 0 Å². The summed E-state index contributed by atoms with van der Waals surface area (Å²) in [5.74, 6) is 0.168. The van der Waals surface area contributed by atoms with Crippen LogP contribution in [0.25, 0.3) is 0 Å². The molecule has 2 unspecified atom stereocenters. The molecule has 2 aliphatic rings. The van der Waals surface area contributed by atoms with Crippen molar-refractivity contribution in [1.29, 1.82) is 0 Å². The van der Waals surface area contributed by atoms with Gasteiger partial charge in [-0.3, -0.25) is 4.90 Å². The van der Waals surface area contributed by atoms with E-state index in [0.717, 1.165) is 30.4 Å². The number of anilines is 1. The van der Waals surface area contributed by atoms with Crippen LogP contribution >= 0.6 is 11.6 Å². The maximum Gasteiger partial charge on any atom is 0.123 e. The van der Waals surface area contributed by atoms with Crippen LogP contribution in [0.2, 0.25) is 0 Å². The monoisotopic (exact) mass is 282 g/mol. The van der Waals surface area contributed by atoms with Gasteiger partial charge in [-0.15, -0.1) is 11.6 Å². The zero-order valence-electron chi connectivity index (χ0n) is 11.3. The summed E-state index contributed by atoms with van der Waals surface area (Å²) in [5.41, 5.74) is 2.01. The van der Waals surface area contributed by atoms with Crippen LogP contribution in [0.4, 0.5) is 10.1 Å². The third-order valence-electron chi connectivity index (χ3n) is 4.67. The first-order valence-corrected chi connectivity index (χ1v) is 7.54. The Bertz CT molecular complexity index is 465. The highest BCUT2D eigenvalue weighted by Crippen LogP contribution is 2.32. The number of rotatable bonds is 2. The number of hydrogen-bond acceptors (Lipinski definition) is 2. The second kappa shape index (κ2) is 5.29. The number of benzene rings is 1. The van der Waals surface area contributed by atoms with Gasteiger partial charge < -0.3 is 4.90 Å². The Hall–Kier alpha value is -0.800. The van der Waals surface area contributed by atoms with Crippen LogP contribution in [0, 0.1) is 5.82 Å². The Labute approximate surface area is 119 Å². The number of fused-ring (bicyclic) bond motifs is 2. The van der Waals surface area contributed by atoms with Crippen molar-refractivity contribution in [2.45, 2.75) is 37.2 Å². The maximum absolute atomic E-state index is 13.3. The predicted molar refractivity (Wildman–Crippen MR) is 77.4 cm³/mol. The van der Waals surface area contributed by atoms with Crippen LogP contribution < -0.4 is 4.90 Å². The predicted octanol–water partition coefficient (Wildman–Crippen LogP) is 3.24. The molecule has 104 valence electrons. The molecule has 0 saturated carbocycles. The van der Waals surface area contributed by atoms with E-state index in [9.17, 15) is 4.39 Å². The van der Waals surface area contributed by atoms with Crippen molar-refractivity contribution in [3.8, 4) is 0 Å². The Morgan fingerprint density at radius 2 is 2.05 bits per heavy atom. The van der Waals surface area contributed by atoms with Crippen molar-refractivity contribution in [3.63, 3.8) is 0 Å². The van der Waals surface area contributed by atoms with Crippen LogP contribution in [0.15, 0.2) is 18.2 Å². The summed E-state index contributed by atoms with van der Waals surface area (Å²) in [6.45, 7) is 2.07. The smallest absolute Gasteiger partial charge is 0.123 e. The third kappa shape index (κ3) is 2.46. The Kier molecular flexibility index (Phi) is 3.68. The normalized spacial score (nSPS) is 27.6. The third-order valence-corrected chi connectivity index (χ3v) is 4.96. The zero-order valence-corrected chi connectivity index (χ0v) is 12.0. The lowest BCUT2D eigenvalue weighted by atomic mass is 10.1. The molecule has 19 heavy (non-hydrogen) atoms. The second-order valence-corrected chi connectivity index (χ2v) is 5.96. The molecule has 2 aliphatic heterocycles. The number of likely N-dealkylation sites (N-methyl/N-ethyl adjacent to an activating group) is 1. The van der Waals surface area contributed by atoms with Crippen molar-refractivity contribution in [1.82, 2.24) is 4.90 Å². The first-order chi connectivity index (χ1) is 9.19. The van der Waals surface area contributed by atoms with Gasteiger partial charge in [0.05, 0.1) is 0 Å². The summed E-state index contributed by atoms with van der Waals surface area (Å²) in [6.07, 6.45) is 3.78.